The van der Waals surface area contributed by atoms with Gasteiger partial charge in [0.25, 0.3) is 0 Å². The van der Waals surface area contributed by atoms with E-state index < -0.39 is 0 Å². The van der Waals surface area contributed by atoms with E-state index in [1.807, 2.05) is 0 Å². The molecule has 1 saturated heterocycles. The summed E-state index contributed by atoms with van der Waals surface area (Å²) in [6.07, 6.45) is 2.65. The van der Waals surface area contributed by atoms with E-state index in [0.29, 0.717) is 12.1 Å². The highest BCUT2D eigenvalue weighted by Gasteiger charge is 2.20. The van der Waals surface area contributed by atoms with E-state index in [9.17, 15) is 0 Å². The Balaban J connectivity index is 1.92. The molecule has 0 spiro atoms. The van der Waals surface area contributed by atoms with Crippen LogP contribution in [0.4, 0.5) is 0 Å². The summed E-state index contributed by atoms with van der Waals surface area (Å²) >= 11 is 1.78. The summed E-state index contributed by atoms with van der Waals surface area (Å²) in [6.45, 7) is 9.95. The third-order valence-corrected chi connectivity index (χ3v) is 4.30. The molecule has 0 aliphatic carbocycles. The Hall–Kier alpha value is -0.450. The van der Waals surface area contributed by atoms with Crippen molar-refractivity contribution in [1.82, 2.24) is 15.2 Å². The molecular weight excluding hydrogens is 230 g/mol. The first-order valence-corrected chi connectivity index (χ1v) is 7.41. The Labute approximate surface area is 108 Å². The van der Waals surface area contributed by atoms with Crippen LogP contribution in [0.25, 0.3) is 0 Å². The van der Waals surface area contributed by atoms with Gasteiger partial charge in [0.2, 0.25) is 0 Å². The highest BCUT2D eigenvalue weighted by Crippen LogP contribution is 2.15. The second kappa shape index (κ2) is 5.94. The molecule has 1 N–H and O–H groups in total. The van der Waals surface area contributed by atoms with Crippen LogP contribution in [0.15, 0.2) is 5.38 Å². The average Bonchev–Trinajstić information content (AvgIpc) is 2.89. The predicted octanol–water partition coefficient (Wildman–Crippen LogP) is 2.41. The van der Waals surface area contributed by atoms with Gasteiger partial charge in [-0.3, -0.25) is 4.90 Å². The first kappa shape index (κ1) is 13.0. The van der Waals surface area contributed by atoms with Crippen molar-refractivity contribution in [2.45, 2.75) is 52.2 Å². The number of aryl methyl sites for hydroxylation is 1. The summed E-state index contributed by atoms with van der Waals surface area (Å²) in [6, 6.07) is 1.26. The van der Waals surface area contributed by atoms with Crippen LogP contribution in [0.2, 0.25) is 0 Å². The third kappa shape index (κ3) is 3.76. The molecule has 0 radical (unpaired) electrons. The molecule has 4 heteroatoms. The van der Waals surface area contributed by atoms with Crippen LogP contribution in [0.5, 0.6) is 0 Å². The molecule has 1 unspecified atom stereocenters. The van der Waals surface area contributed by atoms with Crippen molar-refractivity contribution < 1.29 is 0 Å². The average molecular weight is 253 g/mol. The number of nitrogens with zero attached hydrogens (tertiary/aromatic N) is 2. The van der Waals surface area contributed by atoms with Crippen LogP contribution in [0.3, 0.4) is 0 Å². The Morgan fingerprint density at radius 3 is 2.94 bits per heavy atom. The molecule has 17 heavy (non-hydrogen) atoms. The van der Waals surface area contributed by atoms with Crippen LogP contribution in [0.1, 0.15) is 37.4 Å². The zero-order valence-electron chi connectivity index (χ0n) is 11.1. The van der Waals surface area contributed by atoms with Gasteiger partial charge >= 0.3 is 0 Å². The predicted molar refractivity (Wildman–Crippen MR) is 73.4 cm³/mol. The fraction of sp³-hybridized carbons (Fsp3) is 0.769. The van der Waals surface area contributed by atoms with Gasteiger partial charge in [-0.1, -0.05) is 0 Å². The molecule has 1 atom stereocenters. The van der Waals surface area contributed by atoms with Crippen molar-refractivity contribution in [3.63, 3.8) is 0 Å². The largest absolute Gasteiger partial charge is 0.313 e. The van der Waals surface area contributed by atoms with Crippen LogP contribution in [-0.4, -0.2) is 35.1 Å². The van der Waals surface area contributed by atoms with E-state index in [1.54, 1.807) is 11.3 Å². The van der Waals surface area contributed by atoms with Crippen LogP contribution in [0, 0.1) is 6.92 Å². The molecule has 3 nitrogen and oxygen atoms in total. The number of nitrogens with one attached hydrogen (secondary N) is 1. The Morgan fingerprint density at radius 1 is 1.59 bits per heavy atom. The second-order valence-corrected chi connectivity index (χ2v) is 6.14. The lowest BCUT2D eigenvalue weighted by Gasteiger charge is -2.28. The Kier molecular flexibility index (Phi) is 4.54. The van der Waals surface area contributed by atoms with E-state index in [2.05, 4.69) is 41.4 Å². The van der Waals surface area contributed by atoms with Crippen LogP contribution >= 0.6 is 11.3 Å². The first-order chi connectivity index (χ1) is 8.15. The lowest BCUT2D eigenvalue weighted by molar-refractivity contribution is 0.194. The summed E-state index contributed by atoms with van der Waals surface area (Å²) in [5, 5.41) is 6.96. The lowest BCUT2D eigenvalue weighted by Crippen LogP contribution is -2.40. The Bertz CT molecular complexity index is 342. The summed E-state index contributed by atoms with van der Waals surface area (Å²) in [7, 11) is 0. The van der Waals surface area contributed by atoms with Gasteiger partial charge in [-0.2, -0.15) is 0 Å². The standard InChI is InChI=1S/C13H23N3S/c1-10(2)16(7-12-5-4-6-14-12)8-13-15-11(3)9-17-13/h9-10,12,14H,4-8H2,1-3H3. The monoisotopic (exact) mass is 253 g/mol. The quantitative estimate of drug-likeness (QED) is 0.873. The summed E-state index contributed by atoms with van der Waals surface area (Å²) in [4.78, 5) is 7.09. The highest BCUT2D eigenvalue weighted by atomic mass is 32.1. The molecule has 2 rings (SSSR count). The van der Waals surface area contributed by atoms with Gasteiger partial charge in [-0.25, -0.2) is 4.98 Å². The van der Waals surface area contributed by atoms with E-state index in [-0.39, 0.29) is 0 Å². The maximum atomic E-state index is 4.56. The molecule has 0 amide bonds. The fourth-order valence-corrected chi connectivity index (χ4v) is 3.10. The lowest BCUT2D eigenvalue weighted by atomic mass is 10.2. The maximum Gasteiger partial charge on any atom is 0.107 e. The SMILES string of the molecule is Cc1csc(CN(CC2CCCN2)C(C)C)n1. The van der Waals surface area contributed by atoms with Gasteiger partial charge in [0, 0.05) is 29.7 Å². The number of thiazole rings is 1. The zero-order valence-corrected chi connectivity index (χ0v) is 11.9. The minimum atomic E-state index is 0.585. The minimum absolute atomic E-state index is 0.585. The highest BCUT2D eigenvalue weighted by molar-refractivity contribution is 7.09. The molecule has 1 aromatic heterocycles. The van der Waals surface area contributed by atoms with Crippen molar-refractivity contribution in [2.24, 2.45) is 0 Å². The van der Waals surface area contributed by atoms with Crippen LogP contribution < -0.4 is 5.32 Å². The van der Waals surface area contributed by atoms with Gasteiger partial charge in [0.05, 0.1) is 6.54 Å². The van der Waals surface area contributed by atoms with Crippen LogP contribution in [-0.2, 0) is 6.54 Å². The molecule has 1 aromatic rings. The van der Waals surface area contributed by atoms with Crippen molar-refractivity contribution >= 4 is 11.3 Å². The molecular formula is C13H23N3S. The number of rotatable bonds is 5. The van der Waals surface area contributed by atoms with Gasteiger partial charge < -0.3 is 5.32 Å². The number of hydrogen-bond donors (Lipinski definition) is 1. The van der Waals surface area contributed by atoms with Crippen molar-refractivity contribution in [1.29, 1.82) is 0 Å². The minimum Gasteiger partial charge on any atom is -0.313 e. The van der Waals surface area contributed by atoms with E-state index in [1.165, 1.54) is 24.4 Å². The van der Waals surface area contributed by atoms with Gasteiger partial charge in [-0.05, 0) is 40.2 Å². The second-order valence-electron chi connectivity index (χ2n) is 5.20. The van der Waals surface area contributed by atoms with Gasteiger partial charge in [0.15, 0.2) is 0 Å². The number of aromatic nitrogens is 1. The van der Waals surface area contributed by atoms with Gasteiger partial charge in [-0.15, -0.1) is 11.3 Å². The first-order valence-electron chi connectivity index (χ1n) is 6.53. The van der Waals surface area contributed by atoms with Crippen molar-refractivity contribution in [3.8, 4) is 0 Å². The molecule has 0 aromatic carbocycles. The smallest absolute Gasteiger partial charge is 0.107 e. The molecule has 1 fully saturated rings. The van der Waals surface area contributed by atoms with E-state index in [0.717, 1.165) is 18.8 Å². The third-order valence-electron chi connectivity index (χ3n) is 3.35. The molecule has 0 bridgehead atoms. The molecule has 1 aliphatic heterocycles. The Morgan fingerprint density at radius 2 is 2.41 bits per heavy atom. The zero-order chi connectivity index (χ0) is 12.3. The summed E-state index contributed by atoms with van der Waals surface area (Å²) in [5.74, 6) is 0. The summed E-state index contributed by atoms with van der Waals surface area (Å²) < 4.78 is 0. The fourth-order valence-electron chi connectivity index (χ4n) is 2.30. The van der Waals surface area contributed by atoms with E-state index in [4.69, 9.17) is 0 Å². The number of hydrogen-bond acceptors (Lipinski definition) is 4. The van der Waals surface area contributed by atoms with Gasteiger partial charge in [0.1, 0.15) is 5.01 Å². The maximum absolute atomic E-state index is 4.56. The normalized spacial score (nSPS) is 20.6. The summed E-state index contributed by atoms with van der Waals surface area (Å²) in [5.41, 5.74) is 1.15. The van der Waals surface area contributed by atoms with E-state index >= 15 is 0 Å². The van der Waals surface area contributed by atoms with Crippen molar-refractivity contribution in [2.75, 3.05) is 13.1 Å². The molecule has 96 valence electrons. The topological polar surface area (TPSA) is 28.2 Å². The molecule has 2 heterocycles. The molecule has 0 saturated carbocycles. The van der Waals surface area contributed by atoms with Crippen molar-refractivity contribution in [3.05, 3.63) is 16.1 Å². The molecule has 1 aliphatic rings.